The number of hydrogen-bond donors (Lipinski definition) is 2. The van der Waals surface area contributed by atoms with Gasteiger partial charge in [-0.2, -0.15) is 0 Å². The summed E-state index contributed by atoms with van der Waals surface area (Å²) in [6.45, 7) is 4.93. The molecule has 3 amide bonds. The molecule has 1 aliphatic heterocycles. The number of benzene rings is 2. The van der Waals surface area contributed by atoms with Crippen LogP contribution in [-0.4, -0.2) is 35.7 Å². The fourth-order valence-electron chi connectivity index (χ4n) is 3.85. The molecule has 0 saturated carbocycles. The number of carbonyl (C=O) groups excluding carboxylic acids is 3. The van der Waals surface area contributed by atoms with E-state index in [1.54, 1.807) is 6.07 Å². The Labute approximate surface area is 192 Å². The maximum Gasteiger partial charge on any atom is 0.256 e. The molecule has 2 N–H and O–H groups in total. The summed E-state index contributed by atoms with van der Waals surface area (Å²) in [7, 11) is 0. The second-order valence-corrected chi connectivity index (χ2v) is 8.75. The Balaban J connectivity index is 1.48. The van der Waals surface area contributed by atoms with Crippen LogP contribution in [0.1, 0.15) is 49.0 Å². The van der Waals surface area contributed by atoms with Crippen molar-refractivity contribution in [2.45, 2.75) is 39.7 Å². The van der Waals surface area contributed by atoms with Crippen LogP contribution in [0, 0.1) is 23.5 Å². The average molecular weight is 458 g/mol. The highest BCUT2D eigenvalue weighted by molar-refractivity contribution is 5.94. The van der Waals surface area contributed by atoms with E-state index in [4.69, 9.17) is 0 Å². The van der Waals surface area contributed by atoms with E-state index in [2.05, 4.69) is 10.6 Å². The van der Waals surface area contributed by atoms with Crippen molar-refractivity contribution in [2.75, 3.05) is 18.4 Å². The van der Waals surface area contributed by atoms with Crippen molar-refractivity contribution in [1.82, 2.24) is 10.2 Å². The van der Waals surface area contributed by atoms with Gasteiger partial charge in [-0.3, -0.25) is 14.4 Å². The SMILES string of the molecule is CC(C)CC(=O)Nc1cccc(CNC(=O)C2CCN(C(=O)c3ccc(F)cc3F)CC2)c1. The van der Waals surface area contributed by atoms with Gasteiger partial charge in [0.15, 0.2) is 0 Å². The molecule has 0 spiro atoms. The van der Waals surface area contributed by atoms with Gasteiger partial charge in [-0.05, 0) is 48.6 Å². The van der Waals surface area contributed by atoms with Crippen molar-refractivity contribution in [3.63, 3.8) is 0 Å². The highest BCUT2D eigenvalue weighted by Gasteiger charge is 2.28. The van der Waals surface area contributed by atoms with E-state index >= 15 is 0 Å². The van der Waals surface area contributed by atoms with Crippen LogP contribution in [0.25, 0.3) is 0 Å². The zero-order chi connectivity index (χ0) is 24.0. The summed E-state index contributed by atoms with van der Waals surface area (Å²) in [5, 5.41) is 5.78. The Morgan fingerprint density at radius 2 is 1.79 bits per heavy atom. The van der Waals surface area contributed by atoms with Gasteiger partial charge in [0.2, 0.25) is 11.8 Å². The van der Waals surface area contributed by atoms with Gasteiger partial charge >= 0.3 is 0 Å². The first-order valence-electron chi connectivity index (χ1n) is 11.1. The zero-order valence-corrected chi connectivity index (χ0v) is 18.9. The van der Waals surface area contributed by atoms with Gasteiger partial charge in [-0.1, -0.05) is 26.0 Å². The Hall–Kier alpha value is -3.29. The molecule has 3 rings (SSSR count). The fraction of sp³-hybridized carbons (Fsp3) is 0.400. The Bertz CT molecular complexity index is 1020. The molecule has 0 aromatic heterocycles. The van der Waals surface area contributed by atoms with Gasteiger partial charge in [0.05, 0.1) is 5.56 Å². The molecule has 176 valence electrons. The monoisotopic (exact) mass is 457 g/mol. The van der Waals surface area contributed by atoms with Crippen molar-refractivity contribution in [3.8, 4) is 0 Å². The Morgan fingerprint density at radius 1 is 1.06 bits per heavy atom. The lowest BCUT2D eigenvalue weighted by atomic mass is 9.95. The summed E-state index contributed by atoms with van der Waals surface area (Å²) in [6, 6.07) is 10.2. The van der Waals surface area contributed by atoms with E-state index in [0.29, 0.717) is 50.7 Å². The molecule has 0 aliphatic carbocycles. The number of rotatable bonds is 7. The van der Waals surface area contributed by atoms with Crippen molar-refractivity contribution >= 4 is 23.4 Å². The molecule has 0 atom stereocenters. The van der Waals surface area contributed by atoms with Crippen LogP contribution >= 0.6 is 0 Å². The molecule has 33 heavy (non-hydrogen) atoms. The number of amides is 3. The van der Waals surface area contributed by atoms with Gasteiger partial charge < -0.3 is 15.5 Å². The quantitative estimate of drug-likeness (QED) is 0.657. The van der Waals surface area contributed by atoms with E-state index in [0.717, 1.165) is 17.7 Å². The maximum absolute atomic E-state index is 13.9. The van der Waals surface area contributed by atoms with E-state index in [9.17, 15) is 23.2 Å². The van der Waals surface area contributed by atoms with Crippen LogP contribution in [0.2, 0.25) is 0 Å². The van der Waals surface area contributed by atoms with Crippen LogP contribution in [0.15, 0.2) is 42.5 Å². The van der Waals surface area contributed by atoms with Crippen molar-refractivity contribution < 1.29 is 23.2 Å². The van der Waals surface area contributed by atoms with E-state index < -0.39 is 17.5 Å². The highest BCUT2D eigenvalue weighted by atomic mass is 19.1. The van der Waals surface area contributed by atoms with E-state index in [1.807, 2.05) is 32.0 Å². The smallest absolute Gasteiger partial charge is 0.256 e. The summed E-state index contributed by atoms with van der Waals surface area (Å²) in [6.07, 6.45) is 1.37. The molecule has 0 bridgehead atoms. The highest BCUT2D eigenvalue weighted by Crippen LogP contribution is 2.21. The minimum atomic E-state index is -0.887. The van der Waals surface area contributed by atoms with Crippen LogP contribution in [-0.2, 0) is 16.1 Å². The van der Waals surface area contributed by atoms with Gasteiger partial charge in [-0.15, -0.1) is 0 Å². The third kappa shape index (κ3) is 6.84. The summed E-state index contributed by atoms with van der Waals surface area (Å²) < 4.78 is 27.0. The van der Waals surface area contributed by atoms with Gasteiger partial charge in [0, 0.05) is 43.7 Å². The summed E-state index contributed by atoms with van der Waals surface area (Å²) in [5.74, 6) is -2.25. The van der Waals surface area contributed by atoms with Crippen LogP contribution in [0.5, 0.6) is 0 Å². The van der Waals surface area contributed by atoms with Crippen LogP contribution in [0.3, 0.4) is 0 Å². The lowest BCUT2D eigenvalue weighted by Crippen LogP contribution is -2.43. The third-order valence-electron chi connectivity index (χ3n) is 5.59. The lowest BCUT2D eigenvalue weighted by Gasteiger charge is -2.31. The molecule has 8 heteroatoms. The third-order valence-corrected chi connectivity index (χ3v) is 5.59. The summed E-state index contributed by atoms with van der Waals surface area (Å²) >= 11 is 0. The molecule has 1 aliphatic rings. The Kier molecular flexibility index (Phi) is 8.14. The van der Waals surface area contributed by atoms with Crippen molar-refractivity contribution in [2.24, 2.45) is 11.8 Å². The Morgan fingerprint density at radius 3 is 2.45 bits per heavy atom. The number of nitrogens with zero attached hydrogens (tertiary/aromatic N) is 1. The normalized spacial score (nSPS) is 14.3. The first-order valence-corrected chi connectivity index (χ1v) is 11.1. The number of hydrogen-bond acceptors (Lipinski definition) is 3. The first kappa shape index (κ1) is 24.4. The predicted molar refractivity (Wildman–Crippen MR) is 121 cm³/mol. The van der Waals surface area contributed by atoms with Gasteiger partial charge in [-0.25, -0.2) is 8.78 Å². The van der Waals surface area contributed by atoms with Gasteiger partial charge in [0.1, 0.15) is 11.6 Å². The number of piperidine rings is 1. The molecule has 2 aromatic carbocycles. The average Bonchev–Trinajstić information content (AvgIpc) is 2.77. The number of carbonyl (C=O) groups is 3. The first-order chi connectivity index (χ1) is 15.7. The fourth-order valence-corrected chi connectivity index (χ4v) is 3.85. The van der Waals surface area contributed by atoms with Gasteiger partial charge in [0.25, 0.3) is 5.91 Å². The lowest BCUT2D eigenvalue weighted by molar-refractivity contribution is -0.126. The molecule has 1 fully saturated rings. The zero-order valence-electron chi connectivity index (χ0n) is 18.9. The molecule has 0 unspecified atom stereocenters. The maximum atomic E-state index is 13.9. The van der Waals surface area contributed by atoms with Crippen LogP contribution < -0.4 is 10.6 Å². The standard InChI is InChI=1S/C25H29F2N3O3/c1-16(2)12-23(31)29-20-5-3-4-17(13-20)15-28-24(32)18-8-10-30(11-9-18)25(33)21-7-6-19(26)14-22(21)27/h3-7,13-14,16,18H,8-12,15H2,1-2H3,(H,28,32)(H,29,31). The molecule has 0 radical (unpaired) electrons. The van der Waals surface area contributed by atoms with E-state index in [1.165, 1.54) is 4.90 Å². The largest absolute Gasteiger partial charge is 0.352 e. The van der Waals surface area contributed by atoms with Crippen molar-refractivity contribution in [3.05, 3.63) is 65.2 Å². The topological polar surface area (TPSA) is 78.5 Å². The molecular weight excluding hydrogens is 428 g/mol. The summed E-state index contributed by atoms with van der Waals surface area (Å²) in [4.78, 5) is 38.6. The van der Waals surface area contributed by atoms with E-state index in [-0.39, 0.29) is 29.2 Å². The molecule has 1 heterocycles. The molecule has 2 aromatic rings. The molecule has 6 nitrogen and oxygen atoms in total. The second-order valence-electron chi connectivity index (χ2n) is 8.75. The number of halogens is 2. The minimum absolute atomic E-state index is 0.0481. The predicted octanol–water partition coefficient (Wildman–Crippen LogP) is 4.12. The number of nitrogens with one attached hydrogen (secondary N) is 2. The molecule has 1 saturated heterocycles. The summed E-state index contributed by atoms with van der Waals surface area (Å²) in [5.41, 5.74) is 1.39. The minimum Gasteiger partial charge on any atom is -0.352 e. The second kappa shape index (κ2) is 11.0. The number of likely N-dealkylation sites (tertiary alicyclic amines) is 1. The van der Waals surface area contributed by atoms with Crippen molar-refractivity contribution in [1.29, 1.82) is 0 Å². The van der Waals surface area contributed by atoms with Crippen LogP contribution in [0.4, 0.5) is 14.5 Å². The molecular formula is C25H29F2N3O3. The number of anilines is 1.